The van der Waals surface area contributed by atoms with Gasteiger partial charge in [0.25, 0.3) is 5.91 Å². The first-order valence-electron chi connectivity index (χ1n) is 9.66. The van der Waals surface area contributed by atoms with Gasteiger partial charge in [-0.25, -0.2) is 0 Å². The van der Waals surface area contributed by atoms with Crippen molar-refractivity contribution in [3.8, 4) is 0 Å². The van der Waals surface area contributed by atoms with E-state index >= 15 is 0 Å². The van der Waals surface area contributed by atoms with Crippen LogP contribution >= 0.6 is 0 Å². The summed E-state index contributed by atoms with van der Waals surface area (Å²) in [7, 11) is 2.04. The van der Waals surface area contributed by atoms with E-state index in [4.69, 9.17) is 0 Å². The minimum absolute atomic E-state index is 0.130. The molecule has 0 radical (unpaired) electrons. The van der Waals surface area contributed by atoms with Crippen molar-refractivity contribution in [3.05, 3.63) is 65.4 Å². The molecule has 0 N–H and O–H groups in total. The average molecular weight is 346 g/mol. The number of carbonyl (C=O) groups is 1. The molecular formula is C23H26N2O. The van der Waals surface area contributed by atoms with E-state index in [2.05, 4.69) is 60.2 Å². The summed E-state index contributed by atoms with van der Waals surface area (Å²) in [5.74, 6) is 0.130. The van der Waals surface area contributed by atoms with Gasteiger partial charge in [-0.2, -0.15) is 0 Å². The third kappa shape index (κ3) is 3.03. The molecule has 0 aliphatic carbocycles. The summed E-state index contributed by atoms with van der Waals surface area (Å²) in [5.41, 5.74) is 5.47. The zero-order valence-electron chi connectivity index (χ0n) is 15.7. The number of benzene rings is 2. The maximum atomic E-state index is 13.0. The number of anilines is 1. The lowest BCUT2D eigenvalue weighted by Gasteiger charge is -2.16. The second-order valence-corrected chi connectivity index (χ2v) is 7.36. The molecule has 26 heavy (non-hydrogen) atoms. The minimum Gasteiger partial charge on any atom is -0.351 e. The van der Waals surface area contributed by atoms with Crippen LogP contribution in [0, 0.1) is 0 Å². The van der Waals surface area contributed by atoms with E-state index in [0.717, 1.165) is 23.2 Å². The highest BCUT2D eigenvalue weighted by molar-refractivity contribution is 6.10. The molecule has 1 amide bonds. The van der Waals surface area contributed by atoms with Gasteiger partial charge in [-0.1, -0.05) is 38.3 Å². The molecule has 1 aromatic heterocycles. The first-order valence-corrected chi connectivity index (χ1v) is 9.66. The fourth-order valence-corrected chi connectivity index (χ4v) is 3.90. The van der Waals surface area contributed by atoms with Gasteiger partial charge < -0.3 is 9.47 Å². The molecule has 0 saturated carbocycles. The molecular weight excluding hydrogens is 320 g/mol. The van der Waals surface area contributed by atoms with Crippen molar-refractivity contribution in [1.82, 2.24) is 4.57 Å². The monoisotopic (exact) mass is 346 g/mol. The highest BCUT2D eigenvalue weighted by Gasteiger charge is 2.28. The van der Waals surface area contributed by atoms with E-state index in [1.165, 1.54) is 42.1 Å². The zero-order valence-corrected chi connectivity index (χ0v) is 15.7. The number of amides is 1. The van der Waals surface area contributed by atoms with Crippen molar-refractivity contribution in [2.75, 3.05) is 4.90 Å². The Kier molecular flexibility index (Phi) is 4.54. The second kappa shape index (κ2) is 6.99. The first-order chi connectivity index (χ1) is 12.7. The lowest BCUT2D eigenvalue weighted by molar-refractivity contribution is 0.0996. The fraction of sp³-hybridized carbons (Fsp3) is 0.348. The van der Waals surface area contributed by atoms with Gasteiger partial charge in [-0.05, 0) is 54.3 Å². The number of hydrogen-bond acceptors (Lipinski definition) is 1. The maximum Gasteiger partial charge on any atom is 0.258 e. The summed E-state index contributed by atoms with van der Waals surface area (Å²) in [4.78, 5) is 14.9. The Morgan fingerprint density at radius 2 is 1.88 bits per heavy atom. The first kappa shape index (κ1) is 16.9. The molecule has 3 aromatic rings. The van der Waals surface area contributed by atoms with Crippen LogP contribution in [0.3, 0.4) is 0 Å². The van der Waals surface area contributed by atoms with Crippen molar-refractivity contribution < 1.29 is 4.79 Å². The number of aryl methyl sites for hydroxylation is 2. The second-order valence-electron chi connectivity index (χ2n) is 7.36. The van der Waals surface area contributed by atoms with Gasteiger partial charge in [-0.3, -0.25) is 4.79 Å². The SMILES string of the molecule is CCCCCCc1ccc2c(c1)C(=O)N(c1ccc3c(ccn3C)c1)C2. The summed E-state index contributed by atoms with van der Waals surface area (Å²) < 4.78 is 2.10. The third-order valence-electron chi connectivity index (χ3n) is 5.48. The van der Waals surface area contributed by atoms with E-state index in [1.54, 1.807) is 0 Å². The normalized spacial score (nSPS) is 13.6. The van der Waals surface area contributed by atoms with Crippen LogP contribution < -0.4 is 4.90 Å². The quantitative estimate of drug-likeness (QED) is 0.544. The number of hydrogen-bond donors (Lipinski definition) is 0. The van der Waals surface area contributed by atoms with E-state index in [9.17, 15) is 4.79 Å². The Balaban J connectivity index is 1.55. The van der Waals surface area contributed by atoms with Crippen LogP contribution in [0.4, 0.5) is 5.69 Å². The van der Waals surface area contributed by atoms with Crippen molar-refractivity contribution >= 4 is 22.5 Å². The lowest BCUT2D eigenvalue weighted by atomic mass is 10.0. The highest BCUT2D eigenvalue weighted by atomic mass is 16.2. The smallest absolute Gasteiger partial charge is 0.258 e. The zero-order chi connectivity index (χ0) is 18.1. The van der Waals surface area contributed by atoms with E-state index < -0.39 is 0 Å². The van der Waals surface area contributed by atoms with Crippen molar-refractivity contribution in [1.29, 1.82) is 0 Å². The molecule has 4 rings (SSSR count). The predicted octanol–water partition coefficient (Wildman–Crippen LogP) is 5.46. The van der Waals surface area contributed by atoms with Crippen molar-refractivity contribution in [2.24, 2.45) is 7.05 Å². The van der Waals surface area contributed by atoms with Gasteiger partial charge in [0.1, 0.15) is 0 Å². The van der Waals surface area contributed by atoms with Crippen LogP contribution in [0.1, 0.15) is 54.1 Å². The largest absolute Gasteiger partial charge is 0.351 e. The van der Waals surface area contributed by atoms with Gasteiger partial charge in [0.05, 0.1) is 6.54 Å². The van der Waals surface area contributed by atoms with Crippen LogP contribution in [-0.2, 0) is 20.0 Å². The summed E-state index contributed by atoms with van der Waals surface area (Å²) in [6.07, 6.45) is 8.14. The Morgan fingerprint density at radius 1 is 1.00 bits per heavy atom. The molecule has 1 aliphatic heterocycles. The Bertz CT molecular complexity index is 954. The molecule has 3 heteroatoms. The topological polar surface area (TPSA) is 25.2 Å². The molecule has 0 spiro atoms. The molecule has 0 unspecified atom stereocenters. The van der Waals surface area contributed by atoms with Gasteiger partial charge in [0.15, 0.2) is 0 Å². The molecule has 0 bridgehead atoms. The van der Waals surface area contributed by atoms with Gasteiger partial charge in [0.2, 0.25) is 0 Å². The highest BCUT2D eigenvalue weighted by Crippen LogP contribution is 2.31. The number of carbonyl (C=O) groups excluding carboxylic acids is 1. The summed E-state index contributed by atoms with van der Waals surface area (Å²) in [6.45, 7) is 2.90. The Hall–Kier alpha value is -2.55. The third-order valence-corrected chi connectivity index (χ3v) is 5.48. The lowest BCUT2D eigenvalue weighted by Crippen LogP contribution is -2.22. The number of nitrogens with zero attached hydrogens (tertiary/aromatic N) is 2. The average Bonchev–Trinajstić information content (AvgIpc) is 3.19. The molecule has 1 aliphatic rings. The van der Waals surface area contributed by atoms with Crippen LogP contribution in [0.15, 0.2) is 48.7 Å². The van der Waals surface area contributed by atoms with Crippen LogP contribution in [0.5, 0.6) is 0 Å². The number of unbranched alkanes of at least 4 members (excludes halogenated alkanes) is 3. The van der Waals surface area contributed by atoms with E-state index in [1.807, 2.05) is 11.9 Å². The Labute approximate surface area is 155 Å². The fourth-order valence-electron chi connectivity index (χ4n) is 3.90. The van der Waals surface area contributed by atoms with E-state index in [0.29, 0.717) is 6.54 Å². The number of fused-ring (bicyclic) bond motifs is 2. The summed E-state index contributed by atoms with van der Waals surface area (Å²) >= 11 is 0. The molecule has 2 heterocycles. The molecule has 0 saturated heterocycles. The van der Waals surface area contributed by atoms with Crippen molar-refractivity contribution in [3.63, 3.8) is 0 Å². The van der Waals surface area contributed by atoms with Gasteiger partial charge >= 0.3 is 0 Å². The van der Waals surface area contributed by atoms with Crippen LogP contribution in [-0.4, -0.2) is 10.5 Å². The molecule has 0 atom stereocenters. The standard InChI is InChI=1S/C23H26N2O/c1-3-4-5-6-7-17-8-9-19-16-25(23(26)21(19)14-17)20-10-11-22-18(15-20)12-13-24(22)2/h8-15H,3-7,16H2,1-2H3. The van der Waals surface area contributed by atoms with Crippen LogP contribution in [0.2, 0.25) is 0 Å². The van der Waals surface area contributed by atoms with Gasteiger partial charge in [0, 0.05) is 35.4 Å². The number of aromatic nitrogens is 1. The molecule has 0 fully saturated rings. The molecule has 134 valence electrons. The predicted molar refractivity (Wildman–Crippen MR) is 108 cm³/mol. The van der Waals surface area contributed by atoms with Crippen LogP contribution in [0.25, 0.3) is 10.9 Å². The summed E-state index contributed by atoms with van der Waals surface area (Å²) in [5, 5.41) is 1.17. The number of rotatable bonds is 6. The molecule has 2 aromatic carbocycles. The van der Waals surface area contributed by atoms with Gasteiger partial charge in [-0.15, -0.1) is 0 Å². The summed E-state index contributed by atoms with van der Waals surface area (Å²) in [6, 6.07) is 14.8. The van der Waals surface area contributed by atoms with E-state index in [-0.39, 0.29) is 5.91 Å². The van der Waals surface area contributed by atoms with Crippen molar-refractivity contribution in [2.45, 2.75) is 45.6 Å². The molecule has 3 nitrogen and oxygen atoms in total. The Morgan fingerprint density at radius 3 is 2.73 bits per heavy atom. The minimum atomic E-state index is 0.130. The maximum absolute atomic E-state index is 13.0.